The molecule has 36 heavy (non-hydrogen) atoms. The molecule has 0 bridgehead atoms. The van der Waals surface area contributed by atoms with Crippen molar-refractivity contribution < 1.29 is 9.84 Å². The Morgan fingerprint density at radius 2 is 1.75 bits per heavy atom. The van der Waals surface area contributed by atoms with Crippen molar-refractivity contribution in [1.29, 1.82) is 5.26 Å². The van der Waals surface area contributed by atoms with Gasteiger partial charge in [0, 0.05) is 51.7 Å². The van der Waals surface area contributed by atoms with Gasteiger partial charge in [-0.2, -0.15) is 10.2 Å². The van der Waals surface area contributed by atoms with Crippen molar-refractivity contribution in [2.45, 2.75) is 19.1 Å². The average Bonchev–Trinajstić information content (AvgIpc) is 3.34. The lowest BCUT2D eigenvalue weighted by atomic mass is 10.1. The fourth-order valence-electron chi connectivity index (χ4n) is 4.20. The zero-order valence-corrected chi connectivity index (χ0v) is 20.6. The molecule has 9 nitrogen and oxygen atoms in total. The smallest absolute Gasteiger partial charge is 0.316 e. The molecule has 1 aliphatic heterocycles. The van der Waals surface area contributed by atoms with E-state index in [1.54, 1.807) is 18.5 Å². The zero-order valence-electron chi connectivity index (χ0n) is 19.8. The highest BCUT2D eigenvalue weighted by atomic mass is 32.1. The molecule has 10 heteroatoms. The highest BCUT2D eigenvalue weighted by Crippen LogP contribution is 2.30. The Kier molecular flexibility index (Phi) is 7.73. The first-order valence-electron chi connectivity index (χ1n) is 11.9. The Morgan fingerprint density at radius 3 is 2.50 bits per heavy atom. The molecule has 4 heterocycles. The summed E-state index contributed by atoms with van der Waals surface area (Å²) in [5.41, 5.74) is 3.61. The van der Waals surface area contributed by atoms with E-state index in [1.165, 1.54) is 16.9 Å². The summed E-state index contributed by atoms with van der Waals surface area (Å²) < 4.78 is 5.85. The molecule has 4 aromatic rings. The second-order valence-corrected chi connectivity index (χ2v) is 9.66. The number of thiazole rings is 1. The average molecular weight is 502 g/mol. The number of aliphatic hydroxyl groups excluding tert-OH is 1. The van der Waals surface area contributed by atoms with Crippen molar-refractivity contribution in [1.82, 2.24) is 29.7 Å². The summed E-state index contributed by atoms with van der Waals surface area (Å²) >= 11 is 1.39. The molecular formula is C26H27N7O2S. The van der Waals surface area contributed by atoms with Crippen molar-refractivity contribution >= 4 is 21.7 Å². The van der Waals surface area contributed by atoms with Crippen molar-refractivity contribution in [3.8, 4) is 12.1 Å². The van der Waals surface area contributed by atoms with E-state index in [2.05, 4.69) is 60.1 Å². The third-order valence-corrected chi connectivity index (χ3v) is 7.23. The van der Waals surface area contributed by atoms with Crippen LogP contribution in [0.25, 0.3) is 10.3 Å². The van der Waals surface area contributed by atoms with Gasteiger partial charge in [-0.25, -0.2) is 15.0 Å². The van der Waals surface area contributed by atoms with E-state index in [1.807, 2.05) is 12.1 Å². The van der Waals surface area contributed by atoms with E-state index in [9.17, 15) is 5.26 Å². The number of hydrogen-bond acceptors (Lipinski definition) is 10. The van der Waals surface area contributed by atoms with Gasteiger partial charge in [0.2, 0.25) is 0 Å². The standard InChI is InChI=1S/C26H27N7O2S/c27-16-21(24-30-23-2-1-8-28-25(23)36-24)22-7-9-29-26(31-22)35-18-20-5-3-19(4-6-20)17-33-12-10-32(11-13-33)14-15-34/h1-9,21,34H,10-15,17-18H2. The van der Waals surface area contributed by atoms with E-state index in [0.29, 0.717) is 17.3 Å². The van der Waals surface area contributed by atoms with Gasteiger partial charge in [-0.05, 0) is 29.3 Å². The van der Waals surface area contributed by atoms with Gasteiger partial charge in [0.05, 0.1) is 18.4 Å². The van der Waals surface area contributed by atoms with Crippen LogP contribution in [0.3, 0.4) is 0 Å². The number of nitrogens with zero attached hydrogens (tertiary/aromatic N) is 7. The molecule has 1 aliphatic rings. The Morgan fingerprint density at radius 1 is 0.972 bits per heavy atom. The SMILES string of the molecule is N#CC(c1ccnc(OCc2ccc(CN3CCN(CCO)CC3)cc2)n1)c1nc2cccnc2s1. The van der Waals surface area contributed by atoms with Crippen LogP contribution < -0.4 is 4.74 Å². The Hall–Kier alpha value is -3.49. The summed E-state index contributed by atoms with van der Waals surface area (Å²) in [7, 11) is 0. The molecule has 5 rings (SSSR count). The summed E-state index contributed by atoms with van der Waals surface area (Å²) in [5.74, 6) is -0.612. The fourth-order valence-corrected chi connectivity index (χ4v) is 5.17. The summed E-state index contributed by atoms with van der Waals surface area (Å²) in [4.78, 5) is 23.1. The second kappa shape index (κ2) is 11.5. The van der Waals surface area contributed by atoms with E-state index in [-0.39, 0.29) is 12.6 Å². The highest BCUT2D eigenvalue weighted by molar-refractivity contribution is 7.18. The number of aliphatic hydroxyl groups is 1. The number of nitriles is 1. The lowest BCUT2D eigenvalue weighted by molar-refractivity contribution is 0.108. The first-order chi connectivity index (χ1) is 17.7. The maximum Gasteiger partial charge on any atom is 0.316 e. The molecule has 1 saturated heterocycles. The van der Waals surface area contributed by atoms with Gasteiger partial charge in [0.25, 0.3) is 0 Å². The quantitative estimate of drug-likeness (QED) is 0.370. The number of piperazine rings is 1. The molecule has 1 N–H and O–H groups in total. The first kappa shape index (κ1) is 24.2. The number of β-amino-alcohol motifs (C(OH)–C–C–N with tert-alkyl or cyclic N) is 1. The molecule has 1 fully saturated rings. The normalized spacial score (nSPS) is 15.6. The zero-order chi connectivity index (χ0) is 24.7. The third-order valence-electron chi connectivity index (χ3n) is 6.19. The molecule has 1 atom stereocenters. The molecule has 0 radical (unpaired) electrons. The fraction of sp³-hybridized carbons (Fsp3) is 0.346. The summed E-state index contributed by atoms with van der Waals surface area (Å²) in [6.07, 6.45) is 3.33. The number of pyridine rings is 1. The Balaban J connectivity index is 1.18. The largest absolute Gasteiger partial charge is 0.459 e. The third kappa shape index (κ3) is 5.83. The van der Waals surface area contributed by atoms with E-state index >= 15 is 0 Å². The number of rotatable bonds is 9. The second-order valence-electron chi connectivity index (χ2n) is 8.65. The monoisotopic (exact) mass is 501 g/mol. The van der Waals surface area contributed by atoms with Crippen LogP contribution in [0.15, 0.2) is 54.9 Å². The van der Waals surface area contributed by atoms with Crippen molar-refractivity contribution in [2.75, 3.05) is 39.3 Å². The topological polar surface area (TPSA) is 111 Å². The number of fused-ring (bicyclic) bond motifs is 1. The minimum atomic E-state index is -0.612. The molecule has 184 valence electrons. The van der Waals surface area contributed by atoms with Crippen LogP contribution in [-0.4, -0.2) is 74.2 Å². The van der Waals surface area contributed by atoms with Crippen molar-refractivity contribution in [3.05, 3.63) is 76.7 Å². The molecule has 3 aromatic heterocycles. The van der Waals surface area contributed by atoms with Gasteiger partial charge in [0.15, 0.2) is 0 Å². The number of aromatic nitrogens is 4. The van der Waals surface area contributed by atoms with Crippen LogP contribution >= 0.6 is 11.3 Å². The summed E-state index contributed by atoms with van der Waals surface area (Å²) in [5, 5.41) is 19.6. The van der Waals surface area contributed by atoms with Crippen LogP contribution in [-0.2, 0) is 13.2 Å². The lowest BCUT2D eigenvalue weighted by Crippen LogP contribution is -2.46. The van der Waals surface area contributed by atoms with Crippen LogP contribution in [0.2, 0.25) is 0 Å². The number of hydrogen-bond donors (Lipinski definition) is 1. The predicted molar refractivity (Wildman–Crippen MR) is 136 cm³/mol. The summed E-state index contributed by atoms with van der Waals surface area (Å²) in [6, 6.07) is 16.4. The van der Waals surface area contributed by atoms with Gasteiger partial charge < -0.3 is 9.84 Å². The minimum absolute atomic E-state index is 0.221. The van der Waals surface area contributed by atoms with Crippen LogP contribution in [0.4, 0.5) is 0 Å². The van der Waals surface area contributed by atoms with Gasteiger partial charge in [-0.3, -0.25) is 9.80 Å². The van der Waals surface area contributed by atoms with Crippen molar-refractivity contribution in [3.63, 3.8) is 0 Å². The summed E-state index contributed by atoms with van der Waals surface area (Å²) in [6.45, 7) is 6.24. The Labute approximate surface area is 213 Å². The van der Waals surface area contributed by atoms with Gasteiger partial charge in [-0.15, -0.1) is 0 Å². The van der Waals surface area contributed by atoms with E-state index < -0.39 is 5.92 Å². The van der Waals surface area contributed by atoms with Crippen LogP contribution in [0.5, 0.6) is 6.01 Å². The molecular weight excluding hydrogens is 474 g/mol. The van der Waals surface area contributed by atoms with Gasteiger partial charge >= 0.3 is 6.01 Å². The molecule has 1 unspecified atom stereocenters. The lowest BCUT2D eigenvalue weighted by Gasteiger charge is -2.34. The highest BCUT2D eigenvalue weighted by Gasteiger charge is 2.21. The molecule has 0 spiro atoms. The minimum Gasteiger partial charge on any atom is -0.459 e. The molecule has 0 aliphatic carbocycles. The van der Waals surface area contributed by atoms with Crippen LogP contribution in [0, 0.1) is 11.3 Å². The number of benzene rings is 1. The molecule has 0 amide bonds. The van der Waals surface area contributed by atoms with E-state index in [0.717, 1.165) is 55.2 Å². The maximum absolute atomic E-state index is 9.82. The number of ether oxygens (including phenoxy) is 1. The van der Waals surface area contributed by atoms with Gasteiger partial charge in [-0.1, -0.05) is 35.6 Å². The maximum atomic E-state index is 9.82. The first-order valence-corrected chi connectivity index (χ1v) is 12.7. The predicted octanol–water partition coefficient (Wildman–Crippen LogP) is 2.83. The van der Waals surface area contributed by atoms with Crippen molar-refractivity contribution in [2.24, 2.45) is 0 Å². The van der Waals surface area contributed by atoms with Crippen LogP contribution in [0.1, 0.15) is 27.7 Å². The molecule has 1 aromatic carbocycles. The van der Waals surface area contributed by atoms with E-state index in [4.69, 9.17) is 9.84 Å². The Bertz CT molecular complexity index is 1300. The molecule has 0 saturated carbocycles. The van der Waals surface area contributed by atoms with Gasteiger partial charge in [0.1, 0.15) is 27.9 Å².